The number of rotatable bonds is 3. The van der Waals surface area contributed by atoms with Crippen molar-refractivity contribution in [2.45, 2.75) is 9.79 Å². The SMILES string of the molecule is COc1ccc(Sc2c(F)cccc2F)c(Cl)c1Cl. The molecule has 6 heteroatoms. The molecule has 0 unspecified atom stereocenters. The summed E-state index contributed by atoms with van der Waals surface area (Å²) >= 11 is 12.9. The monoisotopic (exact) mass is 320 g/mol. The fourth-order valence-electron chi connectivity index (χ4n) is 1.44. The lowest BCUT2D eigenvalue weighted by Crippen LogP contribution is -1.89. The van der Waals surface area contributed by atoms with Gasteiger partial charge in [-0.2, -0.15) is 0 Å². The predicted octanol–water partition coefficient (Wildman–Crippen LogP) is 5.43. The quantitative estimate of drug-likeness (QED) is 0.745. The van der Waals surface area contributed by atoms with E-state index in [4.69, 9.17) is 27.9 Å². The molecule has 0 heterocycles. The van der Waals surface area contributed by atoms with Crippen molar-refractivity contribution >= 4 is 35.0 Å². The van der Waals surface area contributed by atoms with E-state index in [1.807, 2.05) is 0 Å². The van der Waals surface area contributed by atoms with Crippen LogP contribution in [-0.4, -0.2) is 7.11 Å². The first-order valence-corrected chi connectivity index (χ1v) is 6.75. The number of methoxy groups -OCH3 is 1. The molecular formula is C13H8Cl2F2OS. The first-order chi connectivity index (χ1) is 9.04. The van der Waals surface area contributed by atoms with Gasteiger partial charge in [0.05, 0.1) is 17.0 Å². The highest BCUT2D eigenvalue weighted by molar-refractivity contribution is 7.99. The topological polar surface area (TPSA) is 9.23 Å². The van der Waals surface area contributed by atoms with Crippen molar-refractivity contribution in [1.82, 2.24) is 0 Å². The van der Waals surface area contributed by atoms with Gasteiger partial charge in [0.15, 0.2) is 0 Å². The van der Waals surface area contributed by atoms with Crippen LogP contribution < -0.4 is 4.74 Å². The van der Waals surface area contributed by atoms with Crippen LogP contribution in [0.3, 0.4) is 0 Å². The van der Waals surface area contributed by atoms with Crippen molar-refractivity contribution in [3.63, 3.8) is 0 Å². The predicted molar refractivity (Wildman–Crippen MR) is 73.5 cm³/mol. The lowest BCUT2D eigenvalue weighted by atomic mass is 10.3. The van der Waals surface area contributed by atoms with E-state index in [9.17, 15) is 8.78 Å². The van der Waals surface area contributed by atoms with E-state index >= 15 is 0 Å². The lowest BCUT2D eigenvalue weighted by molar-refractivity contribution is 0.415. The minimum atomic E-state index is -0.645. The van der Waals surface area contributed by atoms with Gasteiger partial charge in [-0.3, -0.25) is 0 Å². The van der Waals surface area contributed by atoms with Crippen molar-refractivity contribution < 1.29 is 13.5 Å². The van der Waals surface area contributed by atoms with E-state index in [1.165, 1.54) is 25.3 Å². The molecule has 19 heavy (non-hydrogen) atoms. The molecule has 2 rings (SSSR count). The maximum Gasteiger partial charge on any atom is 0.140 e. The second-order valence-corrected chi connectivity index (χ2v) is 5.35. The zero-order valence-corrected chi connectivity index (χ0v) is 12.0. The maximum atomic E-state index is 13.6. The molecule has 0 N–H and O–H groups in total. The number of ether oxygens (including phenoxy) is 1. The van der Waals surface area contributed by atoms with Crippen LogP contribution in [0.15, 0.2) is 40.1 Å². The van der Waals surface area contributed by atoms with Crippen molar-refractivity contribution in [3.8, 4) is 5.75 Å². The Labute approximate surface area is 123 Å². The summed E-state index contributed by atoms with van der Waals surface area (Å²) in [6.07, 6.45) is 0. The van der Waals surface area contributed by atoms with E-state index < -0.39 is 11.6 Å². The molecule has 1 nitrogen and oxygen atoms in total. The average Bonchev–Trinajstić information content (AvgIpc) is 2.39. The summed E-state index contributed by atoms with van der Waals surface area (Å²) in [6, 6.07) is 6.87. The summed E-state index contributed by atoms with van der Waals surface area (Å²) in [6.45, 7) is 0. The third-order valence-corrected chi connectivity index (χ3v) is 4.49. The fraction of sp³-hybridized carbons (Fsp3) is 0.0769. The second kappa shape index (κ2) is 5.99. The summed E-state index contributed by atoms with van der Waals surface area (Å²) in [4.78, 5) is 0.335. The number of hydrogen-bond donors (Lipinski definition) is 0. The van der Waals surface area contributed by atoms with Gasteiger partial charge >= 0.3 is 0 Å². The van der Waals surface area contributed by atoms with Gasteiger partial charge in [-0.15, -0.1) is 0 Å². The summed E-state index contributed by atoms with van der Waals surface area (Å²) in [5.41, 5.74) is 0. The number of benzene rings is 2. The summed E-state index contributed by atoms with van der Waals surface area (Å²) in [5.74, 6) is -0.883. The van der Waals surface area contributed by atoms with Gasteiger partial charge in [-0.1, -0.05) is 41.0 Å². The van der Waals surface area contributed by atoms with Crippen molar-refractivity contribution in [3.05, 3.63) is 52.0 Å². The zero-order chi connectivity index (χ0) is 14.0. The molecule has 2 aromatic rings. The molecule has 0 aliphatic rings. The van der Waals surface area contributed by atoms with E-state index in [2.05, 4.69) is 0 Å². The van der Waals surface area contributed by atoms with Crippen LogP contribution in [0.1, 0.15) is 0 Å². The molecule has 0 spiro atoms. The molecule has 0 bridgehead atoms. The minimum absolute atomic E-state index is 0.120. The van der Waals surface area contributed by atoms with Crippen LogP contribution in [-0.2, 0) is 0 Å². The minimum Gasteiger partial charge on any atom is -0.495 e. The highest BCUT2D eigenvalue weighted by Gasteiger charge is 2.15. The van der Waals surface area contributed by atoms with Crippen molar-refractivity contribution in [1.29, 1.82) is 0 Å². The van der Waals surface area contributed by atoms with Crippen LogP contribution in [0.4, 0.5) is 8.78 Å². The van der Waals surface area contributed by atoms with Gasteiger partial charge in [-0.25, -0.2) is 8.78 Å². The van der Waals surface area contributed by atoms with Crippen LogP contribution in [0, 0.1) is 11.6 Å². The van der Waals surface area contributed by atoms with E-state index in [0.29, 0.717) is 10.6 Å². The number of hydrogen-bond acceptors (Lipinski definition) is 2. The molecule has 0 aromatic heterocycles. The van der Waals surface area contributed by atoms with Crippen LogP contribution >= 0.6 is 35.0 Å². The van der Waals surface area contributed by atoms with Gasteiger partial charge in [0.2, 0.25) is 0 Å². The van der Waals surface area contributed by atoms with Crippen LogP contribution in [0.2, 0.25) is 10.0 Å². The third-order valence-electron chi connectivity index (χ3n) is 2.36. The van der Waals surface area contributed by atoms with E-state index in [-0.39, 0.29) is 14.9 Å². The highest BCUT2D eigenvalue weighted by atomic mass is 35.5. The molecule has 0 aliphatic heterocycles. The lowest BCUT2D eigenvalue weighted by Gasteiger charge is -2.10. The molecular weight excluding hydrogens is 313 g/mol. The van der Waals surface area contributed by atoms with Crippen molar-refractivity contribution in [2.24, 2.45) is 0 Å². The molecule has 0 amide bonds. The Morgan fingerprint density at radius 1 is 1.00 bits per heavy atom. The molecule has 0 aliphatic carbocycles. The summed E-state index contributed by atoms with van der Waals surface area (Å²) < 4.78 is 32.1. The van der Waals surface area contributed by atoms with Gasteiger partial charge < -0.3 is 4.74 Å². The number of halogens is 4. The summed E-state index contributed by atoms with van der Waals surface area (Å²) in [7, 11) is 1.46. The Kier molecular flexibility index (Phi) is 4.55. The third kappa shape index (κ3) is 2.96. The molecule has 2 aromatic carbocycles. The standard InChI is InChI=1S/C13H8Cl2F2OS/c1-18-9-5-6-10(12(15)11(9)14)19-13-7(16)3-2-4-8(13)17/h2-6H,1H3. The highest BCUT2D eigenvalue weighted by Crippen LogP contribution is 2.42. The second-order valence-electron chi connectivity index (χ2n) is 3.55. The molecule has 0 fully saturated rings. The fourth-order valence-corrected chi connectivity index (χ4v) is 2.89. The largest absolute Gasteiger partial charge is 0.495 e. The van der Waals surface area contributed by atoms with Gasteiger partial charge in [-0.05, 0) is 24.3 Å². The zero-order valence-electron chi connectivity index (χ0n) is 9.72. The Bertz CT molecular complexity index is 600. The first kappa shape index (κ1) is 14.4. The first-order valence-electron chi connectivity index (χ1n) is 5.18. The van der Waals surface area contributed by atoms with Gasteiger partial charge in [0.1, 0.15) is 22.4 Å². The van der Waals surface area contributed by atoms with E-state index in [1.54, 1.807) is 12.1 Å². The smallest absolute Gasteiger partial charge is 0.140 e. The molecule has 0 saturated carbocycles. The Balaban J connectivity index is 2.42. The Morgan fingerprint density at radius 3 is 2.21 bits per heavy atom. The average molecular weight is 321 g/mol. The normalized spacial score (nSPS) is 10.6. The van der Waals surface area contributed by atoms with Gasteiger partial charge in [0, 0.05) is 4.90 Å². The van der Waals surface area contributed by atoms with Gasteiger partial charge in [0.25, 0.3) is 0 Å². The Hall–Kier alpha value is -0.970. The van der Waals surface area contributed by atoms with Crippen molar-refractivity contribution in [2.75, 3.05) is 7.11 Å². The maximum absolute atomic E-state index is 13.6. The molecule has 0 atom stereocenters. The van der Waals surface area contributed by atoms with Crippen LogP contribution in [0.5, 0.6) is 5.75 Å². The molecule has 0 saturated heterocycles. The molecule has 0 radical (unpaired) electrons. The molecule has 100 valence electrons. The van der Waals surface area contributed by atoms with E-state index in [0.717, 1.165) is 11.8 Å². The van der Waals surface area contributed by atoms with Crippen LogP contribution in [0.25, 0.3) is 0 Å². The summed E-state index contributed by atoms with van der Waals surface area (Å²) in [5, 5.41) is 0.416. The Morgan fingerprint density at radius 2 is 1.63 bits per heavy atom.